The third-order valence-corrected chi connectivity index (χ3v) is 5.64. The number of hydrogen-bond acceptors (Lipinski definition) is 6. The van der Waals surface area contributed by atoms with Crippen LogP contribution in [0.25, 0.3) is 0 Å². The summed E-state index contributed by atoms with van der Waals surface area (Å²) < 4.78 is 0. The van der Waals surface area contributed by atoms with Crippen molar-refractivity contribution >= 4 is 17.4 Å². The zero-order valence-electron chi connectivity index (χ0n) is 18.7. The first-order chi connectivity index (χ1) is 14.8. The minimum absolute atomic E-state index is 0.0758. The summed E-state index contributed by atoms with van der Waals surface area (Å²) in [5.41, 5.74) is -0.0108. The Bertz CT molecular complexity index is 828. The summed E-state index contributed by atoms with van der Waals surface area (Å²) in [6.45, 7) is 8.61. The van der Waals surface area contributed by atoms with Gasteiger partial charge in [0.1, 0.15) is 0 Å². The number of benzene rings is 1. The molecule has 1 aliphatic heterocycles. The van der Waals surface area contributed by atoms with Crippen LogP contribution < -0.4 is 0 Å². The Morgan fingerprint density at radius 2 is 1.71 bits per heavy atom. The standard InChI is InChI=1S/C23H33N3O5/c1-4-6-13-24(14-7-5-2)15-10-16-25-21(20(17(3)27)22(28)23(25)29)18-11-8-9-12-19(18)26(30)31/h8-9,11-12,21,28H,4-7,10,13-16H2,1-3H3/t21-/m1/s1. The number of Topliss-reactive ketones (excluding diaryl/α,β-unsaturated/α-hetero) is 1. The molecule has 1 heterocycles. The van der Waals surface area contributed by atoms with Crippen molar-refractivity contribution < 1.29 is 19.6 Å². The van der Waals surface area contributed by atoms with Gasteiger partial charge in [-0.1, -0.05) is 38.8 Å². The number of nitro groups is 1. The van der Waals surface area contributed by atoms with Gasteiger partial charge in [-0.25, -0.2) is 0 Å². The van der Waals surface area contributed by atoms with Crippen LogP contribution in [-0.4, -0.2) is 57.7 Å². The lowest BCUT2D eigenvalue weighted by Gasteiger charge is -2.28. The first-order valence-electron chi connectivity index (χ1n) is 11.0. The lowest BCUT2D eigenvalue weighted by molar-refractivity contribution is -0.385. The largest absolute Gasteiger partial charge is 0.503 e. The average Bonchev–Trinajstić information content (AvgIpc) is 3.00. The number of rotatable bonds is 13. The quantitative estimate of drug-likeness (QED) is 0.371. The van der Waals surface area contributed by atoms with Gasteiger partial charge in [-0.05, 0) is 51.9 Å². The highest BCUT2D eigenvalue weighted by Crippen LogP contribution is 2.41. The Hall–Kier alpha value is -2.74. The van der Waals surface area contributed by atoms with Crippen LogP contribution in [0.15, 0.2) is 35.6 Å². The molecule has 1 atom stereocenters. The van der Waals surface area contributed by atoms with E-state index in [1.54, 1.807) is 18.2 Å². The summed E-state index contributed by atoms with van der Waals surface area (Å²) in [6.07, 6.45) is 5.05. The fraction of sp³-hybridized carbons (Fsp3) is 0.565. The highest BCUT2D eigenvalue weighted by molar-refractivity contribution is 6.08. The second-order valence-corrected chi connectivity index (χ2v) is 7.94. The maximum atomic E-state index is 12.8. The van der Waals surface area contributed by atoms with E-state index < -0.39 is 28.4 Å². The molecule has 1 aromatic carbocycles. The van der Waals surface area contributed by atoms with Crippen molar-refractivity contribution in [3.05, 3.63) is 51.3 Å². The highest BCUT2D eigenvalue weighted by Gasteiger charge is 2.44. The number of unbranched alkanes of at least 4 members (excludes halogenated alkanes) is 2. The average molecular weight is 432 g/mol. The summed E-state index contributed by atoms with van der Waals surface area (Å²) in [5, 5.41) is 21.9. The highest BCUT2D eigenvalue weighted by atomic mass is 16.6. The molecule has 1 aromatic rings. The second kappa shape index (κ2) is 11.6. The molecular formula is C23H33N3O5. The predicted octanol–water partition coefficient (Wildman–Crippen LogP) is 4.17. The van der Waals surface area contributed by atoms with Crippen molar-refractivity contribution in [3.63, 3.8) is 0 Å². The molecule has 0 spiro atoms. The molecule has 0 aliphatic carbocycles. The number of para-hydroxylation sites is 1. The molecule has 0 fully saturated rings. The van der Waals surface area contributed by atoms with Crippen LogP contribution in [-0.2, 0) is 9.59 Å². The molecule has 2 rings (SSSR count). The summed E-state index contributed by atoms with van der Waals surface area (Å²) in [7, 11) is 0. The third kappa shape index (κ3) is 5.91. The van der Waals surface area contributed by atoms with Gasteiger partial charge in [0, 0.05) is 12.6 Å². The lowest BCUT2D eigenvalue weighted by Crippen LogP contribution is -2.35. The van der Waals surface area contributed by atoms with Gasteiger partial charge in [0.25, 0.3) is 11.6 Å². The van der Waals surface area contributed by atoms with Crippen molar-refractivity contribution in [3.8, 4) is 0 Å². The molecule has 1 aliphatic rings. The Morgan fingerprint density at radius 1 is 1.13 bits per heavy atom. The molecule has 0 unspecified atom stereocenters. The molecule has 8 heteroatoms. The van der Waals surface area contributed by atoms with Crippen LogP contribution in [0.2, 0.25) is 0 Å². The fourth-order valence-electron chi connectivity index (χ4n) is 4.02. The molecule has 0 bridgehead atoms. The predicted molar refractivity (Wildman–Crippen MR) is 119 cm³/mol. The van der Waals surface area contributed by atoms with E-state index in [-0.39, 0.29) is 16.8 Å². The van der Waals surface area contributed by atoms with E-state index in [4.69, 9.17) is 0 Å². The molecule has 1 amide bonds. The van der Waals surface area contributed by atoms with Gasteiger partial charge in [0.2, 0.25) is 0 Å². The second-order valence-electron chi connectivity index (χ2n) is 7.94. The molecule has 31 heavy (non-hydrogen) atoms. The number of ketones is 1. The van der Waals surface area contributed by atoms with Crippen LogP contribution in [0.5, 0.6) is 0 Å². The van der Waals surface area contributed by atoms with Gasteiger partial charge < -0.3 is 14.9 Å². The summed E-state index contributed by atoms with van der Waals surface area (Å²) in [4.78, 5) is 39.8. The van der Waals surface area contributed by atoms with Crippen molar-refractivity contribution in [1.82, 2.24) is 9.80 Å². The Balaban J connectivity index is 2.26. The van der Waals surface area contributed by atoms with Crippen molar-refractivity contribution in [2.24, 2.45) is 0 Å². The Labute approximate surface area is 183 Å². The van der Waals surface area contributed by atoms with Crippen molar-refractivity contribution in [2.75, 3.05) is 26.2 Å². The van der Waals surface area contributed by atoms with Crippen LogP contribution in [0.4, 0.5) is 5.69 Å². The molecule has 0 radical (unpaired) electrons. The molecule has 8 nitrogen and oxygen atoms in total. The summed E-state index contributed by atoms with van der Waals surface area (Å²) in [5.74, 6) is -1.73. The number of amides is 1. The molecule has 0 saturated carbocycles. The molecule has 1 N–H and O–H groups in total. The monoisotopic (exact) mass is 431 g/mol. The minimum Gasteiger partial charge on any atom is -0.503 e. The fourth-order valence-corrected chi connectivity index (χ4v) is 4.02. The number of carbonyl (C=O) groups excluding carboxylic acids is 2. The van der Waals surface area contributed by atoms with Gasteiger partial charge in [-0.3, -0.25) is 19.7 Å². The number of aliphatic hydroxyl groups is 1. The first kappa shape index (κ1) is 24.5. The molecular weight excluding hydrogens is 398 g/mol. The number of nitrogens with zero attached hydrogens (tertiary/aromatic N) is 3. The van der Waals surface area contributed by atoms with Crippen molar-refractivity contribution in [1.29, 1.82) is 0 Å². The van der Waals surface area contributed by atoms with Crippen LogP contribution >= 0.6 is 0 Å². The third-order valence-electron chi connectivity index (χ3n) is 5.64. The van der Waals surface area contributed by atoms with E-state index in [0.717, 1.165) is 45.3 Å². The topological polar surface area (TPSA) is 104 Å². The van der Waals surface area contributed by atoms with Gasteiger partial charge in [-0.2, -0.15) is 0 Å². The minimum atomic E-state index is -0.952. The van der Waals surface area contributed by atoms with Crippen LogP contribution in [0.1, 0.15) is 64.5 Å². The molecule has 0 saturated heterocycles. The molecule has 0 aromatic heterocycles. The number of aliphatic hydroxyl groups excluding tert-OH is 1. The smallest absolute Gasteiger partial charge is 0.290 e. The maximum absolute atomic E-state index is 12.8. The zero-order chi connectivity index (χ0) is 23.0. The normalized spacial score (nSPS) is 16.5. The number of nitro benzene ring substituents is 1. The van der Waals surface area contributed by atoms with Crippen molar-refractivity contribution in [2.45, 2.75) is 58.9 Å². The summed E-state index contributed by atoms with van der Waals surface area (Å²) >= 11 is 0. The van der Waals surface area contributed by atoms with Gasteiger partial charge in [0.05, 0.1) is 22.1 Å². The Kier molecular flexibility index (Phi) is 9.18. The summed E-state index contributed by atoms with van der Waals surface area (Å²) in [6, 6.07) is 5.11. The zero-order valence-corrected chi connectivity index (χ0v) is 18.7. The lowest BCUT2D eigenvalue weighted by atomic mass is 9.95. The van der Waals surface area contributed by atoms with E-state index in [9.17, 15) is 24.8 Å². The maximum Gasteiger partial charge on any atom is 0.290 e. The van der Waals surface area contributed by atoms with Crippen LogP contribution in [0, 0.1) is 10.1 Å². The van der Waals surface area contributed by atoms with E-state index in [2.05, 4.69) is 18.7 Å². The van der Waals surface area contributed by atoms with E-state index >= 15 is 0 Å². The van der Waals surface area contributed by atoms with E-state index in [1.807, 2.05) is 0 Å². The number of hydrogen-bond donors (Lipinski definition) is 1. The van der Waals surface area contributed by atoms with Gasteiger partial charge in [0.15, 0.2) is 11.5 Å². The van der Waals surface area contributed by atoms with Crippen LogP contribution in [0.3, 0.4) is 0 Å². The van der Waals surface area contributed by atoms with E-state index in [1.165, 1.54) is 17.9 Å². The Morgan fingerprint density at radius 3 is 2.26 bits per heavy atom. The van der Waals surface area contributed by atoms with Gasteiger partial charge >= 0.3 is 0 Å². The first-order valence-corrected chi connectivity index (χ1v) is 11.0. The number of carbonyl (C=O) groups is 2. The SMILES string of the molecule is CCCCN(CCCC)CCCN1C(=O)C(O)=C(C(C)=O)[C@H]1c1ccccc1[N+](=O)[O-]. The van der Waals surface area contributed by atoms with Gasteiger partial charge in [-0.15, -0.1) is 0 Å². The van der Waals surface area contributed by atoms with E-state index in [0.29, 0.717) is 13.0 Å². The molecule has 170 valence electrons.